The van der Waals surface area contributed by atoms with Crippen molar-refractivity contribution in [2.75, 3.05) is 0 Å². The molecule has 0 amide bonds. The highest BCUT2D eigenvalue weighted by atomic mass is 79.9. The molecular weight excluding hydrogens is 249 g/mol. The Morgan fingerprint density at radius 3 is 2.86 bits per heavy atom. The molecule has 0 saturated heterocycles. The summed E-state index contributed by atoms with van der Waals surface area (Å²) >= 11 is 3.08. The fourth-order valence-corrected chi connectivity index (χ4v) is 1.75. The number of ketones is 1. The number of carbonyl (C=O) groups is 1. The molecule has 4 heteroatoms. The molecule has 0 radical (unpaired) electrons. The standard InChI is InChI=1S/C10H7BrFNO/c1-5(14)7-4-13-10-3-9(12)8(11)2-6(7)10/h2-4,13H,1H3. The molecule has 1 heterocycles. The molecule has 0 saturated carbocycles. The molecule has 2 nitrogen and oxygen atoms in total. The molecule has 0 aliphatic rings. The van der Waals surface area contributed by atoms with Crippen molar-refractivity contribution in [2.24, 2.45) is 0 Å². The topological polar surface area (TPSA) is 32.9 Å². The second-order valence-electron chi connectivity index (χ2n) is 3.07. The molecule has 1 aromatic heterocycles. The molecule has 14 heavy (non-hydrogen) atoms. The monoisotopic (exact) mass is 255 g/mol. The van der Waals surface area contributed by atoms with Crippen LogP contribution in [0.5, 0.6) is 0 Å². The average Bonchev–Trinajstić information content (AvgIpc) is 2.48. The van der Waals surface area contributed by atoms with Gasteiger partial charge in [0.1, 0.15) is 5.82 Å². The molecule has 1 N–H and O–H groups in total. The van der Waals surface area contributed by atoms with Crippen LogP contribution in [0.1, 0.15) is 17.3 Å². The van der Waals surface area contributed by atoms with E-state index in [1.807, 2.05) is 0 Å². The highest BCUT2D eigenvalue weighted by Gasteiger charge is 2.10. The van der Waals surface area contributed by atoms with E-state index < -0.39 is 0 Å². The summed E-state index contributed by atoms with van der Waals surface area (Å²) in [6.07, 6.45) is 1.60. The van der Waals surface area contributed by atoms with Crippen LogP contribution in [0.4, 0.5) is 4.39 Å². The number of benzene rings is 1. The summed E-state index contributed by atoms with van der Waals surface area (Å²) in [5.41, 5.74) is 1.22. The highest BCUT2D eigenvalue weighted by molar-refractivity contribution is 9.10. The van der Waals surface area contributed by atoms with Crippen LogP contribution in [0.3, 0.4) is 0 Å². The summed E-state index contributed by atoms with van der Waals surface area (Å²) in [4.78, 5) is 14.0. The number of Topliss-reactive ketones (excluding diaryl/α,β-unsaturated/α-hetero) is 1. The molecule has 1 aromatic carbocycles. The summed E-state index contributed by atoms with van der Waals surface area (Å²) in [5.74, 6) is -0.371. The molecular formula is C10H7BrFNO. The maximum absolute atomic E-state index is 13.1. The Hall–Kier alpha value is -1.16. The van der Waals surface area contributed by atoms with Crippen molar-refractivity contribution in [1.29, 1.82) is 0 Å². The van der Waals surface area contributed by atoms with E-state index in [0.29, 0.717) is 15.6 Å². The zero-order valence-corrected chi connectivity index (χ0v) is 8.98. The largest absolute Gasteiger partial charge is 0.360 e. The minimum Gasteiger partial charge on any atom is -0.360 e. The van der Waals surface area contributed by atoms with Crippen molar-refractivity contribution in [3.63, 3.8) is 0 Å². The third kappa shape index (κ3) is 1.35. The Morgan fingerprint density at radius 1 is 1.50 bits per heavy atom. The van der Waals surface area contributed by atoms with Gasteiger partial charge in [0, 0.05) is 22.7 Å². The number of fused-ring (bicyclic) bond motifs is 1. The molecule has 72 valence electrons. The van der Waals surface area contributed by atoms with Gasteiger partial charge in [0.15, 0.2) is 5.78 Å². The molecule has 0 aliphatic heterocycles. The zero-order valence-electron chi connectivity index (χ0n) is 7.40. The summed E-state index contributed by atoms with van der Waals surface area (Å²) in [6, 6.07) is 2.98. The Labute approximate surface area is 88.2 Å². The van der Waals surface area contributed by atoms with Gasteiger partial charge in [0.05, 0.1) is 4.47 Å². The van der Waals surface area contributed by atoms with Crippen LogP contribution in [0.2, 0.25) is 0 Å². The molecule has 0 aliphatic carbocycles. The Bertz CT molecular complexity index is 518. The van der Waals surface area contributed by atoms with Crippen LogP contribution >= 0.6 is 15.9 Å². The molecule has 2 rings (SSSR count). The van der Waals surface area contributed by atoms with Crippen molar-refractivity contribution in [2.45, 2.75) is 6.92 Å². The van der Waals surface area contributed by atoms with E-state index in [2.05, 4.69) is 20.9 Å². The van der Waals surface area contributed by atoms with Crippen molar-refractivity contribution in [3.05, 3.63) is 34.2 Å². The Morgan fingerprint density at radius 2 is 2.21 bits per heavy atom. The lowest BCUT2D eigenvalue weighted by molar-refractivity contribution is 0.101. The van der Waals surface area contributed by atoms with Crippen molar-refractivity contribution in [3.8, 4) is 0 Å². The van der Waals surface area contributed by atoms with E-state index in [9.17, 15) is 9.18 Å². The predicted molar refractivity (Wildman–Crippen MR) is 56.0 cm³/mol. The summed E-state index contributed by atoms with van der Waals surface area (Å²) in [6.45, 7) is 1.49. The molecule has 0 spiro atoms. The molecule has 2 aromatic rings. The number of hydrogen-bond donors (Lipinski definition) is 1. The maximum atomic E-state index is 13.1. The van der Waals surface area contributed by atoms with E-state index in [1.54, 1.807) is 12.3 Å². The van der Waals surface area contributed by atoms with Gasteiger partial charge in [0.25, 0.3) is 0 Å². The van der Waals surface area contributed by atoms with Gasteiger partial charge in [-0.15, -0.1) is 0 Å². The van der Waals surface area contributed by atoms with Gasteiger partial charge in [0.2, 0.25) is 0 Å². The van der Waals surface area contributed by atoms with Gasteiger partial charge in [-0.2, -0.15) is 0 Å². The van der Waals surface area contributed by atoms with Gasteiger partial charge in [-0.1, -0.05) is 0 Å². The number of rotatable bonds is 1. The minimum atomic E-state index is -0.338. The highest BCUT2D eigenvalue weighted by Crippen LogP contribution is 2.25. The first-order valence-corrected chi connectivity index (χ1v) is 4.86. The number of nitrogens with one attached hydrogen (secondary N) is 1. The van der Waals surface area contributed by atoms with Gasteiger partial charge >= 0.3 is 0 Å². The van der Waals surface area contributed by atoms with Gasteiger partial charge in [-0.3, -0.25) is 4.79 Å². The lowest BCUT2D eigenvalue weighted by Crippen LogP contribution is -1.89. The first-order chi connectivity index (χ1) is 6.59. The number of H-pyrrole nitrogens is 1. The first kappa shape index (κ1) is 9.40. The fraction of sp³-hybridized carbons (Fsp3) is 0.100. The van der Waals surface area contributed by atoms with Crippen LogP contribution < -0.4 is 0 Å². The third-order valence-electron chi connectivity index (χ3n) is 2.10. The van der Waals surface area contributed by atoms with E-state index in [1.165, 1.54) is 13.0 Å². The molecule has 0 atom stereocenters. The third-order valence-corrected chi connectivity index (χ3v) is 2.71. The lowest BCUT2D eigenvalue weighted by Gasteiger charge is -1.96. The molecule has 0 fully saturated rings. The summed E-state index contributed by atoms with van der Waals surface area (Å²) in [5, 5.41) is 0.741. The number of carbonyl (C=O) groups excluding carboxylic acids is 1. The van der Waals surface area contributed by atoms with Crippen LogP contribution in [-0.2, 0) is 0 Å². The van der Waals surface area contributed by atoms with Crippen LogP contribution in [0.25, 0.3) is 10.9 Å². The van der Waals surface area contributed by atoms with Crippen LogP contribution in [0.15, 0.2) is 22.8 Å². The normalized spacial score (nSPS) is 10.8. The van der Waals surface area contributed by atoms with Crippen LogP contribution in [0, 0.1) is 5.82 Å². The van der Waals surface area contributed by atoms with E-state index in [-0.39, 0.29) is 11.6 Å². The fourth-order valence-electron chi connectivity index (χ4n) is 1.41. The van der Waals surface area contributed by atoms with Gasteiger partial charge in [-0.25, -0.2) is 4.39 Å². The quantitative estimate of drug-likeness (QED) is 0.780. The molecule has 0 bridgehead atoms. The Kier molecular flexibility index (Phi) is 2.15. The summed E-state index contributed by atoms with van der Waals surface area (Å²) in [7, 11) is 0. The zero-order chi connectivity index (χ0) is 10.3. The Balaban J connectivity index is 2.80. The number of aromatic amines is 1. The number of halogens is 2. The average molecular weight is 256 g/mol. The second-order valence-corrected chi connectivity index (χ2v) is 3.92. The van der Waals surface area contributed by atoms with Gasteiger partial charge < -0.3 is 4.98 Å². The second kappa shape index (κ2) is 3.20. The predicted octanol–water partition coefficient (Wildman–Crippen LogP) is 3.27. The van der Waals surface area contributed by atoms with Crippen molar-refractivity contribution in [1.82, 2.24) is 4.98 Å². The number of aromatic nitrogens is 1. The van der Waals surface area contributed by atoms with Crippen molar-refractivity contribution < 1.29 is 9.18 Å². The molecule has 0 unspecified atom stereocenters. The van der Waals surface area contributed by atoms with Crippen LogP contribution in [-0.4, -0.2) is 10.8 Å². The maximum Gasteiger partial charge on any atom is 0.161 e. The van der Waals surface area contributed by atoms with E-state index >= 15 is 0 Å². The summed E-state index contributed by atoms with van der Waals surface area (Å²) < 4.78 is 13.5. The van der Waals surface area contributed by atoms with Crippen molar-refractivity contribution >= 4 is 32.6 Å². The van der Waals surface area contributed by atoms with E-state index in [0.717, 1.165) is 5.39 Å². The number of hydrogen-bond acceptors (Lipinski definition) is 1. The smallest absolute Gasteiger partial charge is 0.161 e. The van der Waals surface area contributed by atoms with Gasteiger partial charge in [-0.05, 0) is 35.0 Å². The lowest BCUT2D eigenvalue weighted by atomic mass is 10.1. The minimum absolute atomic E-state index is 0.0326. The first-order valence-electron chi connectivity index (χ1n) is 4.06. The van der Waals surface area contributed by atoms with E-state index in [4.69, 9.17) is 0 Å². The SMILES string of the molecule is CC(=O)c1c[nH]c2cc(F)c(Br)cc12.